The number of rotatable bonds is 2. The van der Waals surface area contributed by atoms with Crippen LogP contribution in [0.4, 0.5) is 4.39 Å². The zero-order valence-electron chi connectivity index (χ0n) is 13.4. The summed E-state index contributed by atoms with van der Waals surface area (Å²) in [7, 11) is 0. The number of hydrogen-bond donors (Lipinski definition) is 2. The number of hydrogen-bond acceptors (Lipinski definition) is 1. The Kier molecular flexibility index (Phi) is 3.23. The van der Waals surface area contributed by atoms with Crippen LogP contribution in [-0.4, -0.2) is 10.2 Å². The SMILES string of the molecule is CC(C)c1c(-c2ccc(F)cc2)c2cc3c[nH][nH]c3cc2c[n+]1=O. The monoisotopic (exact) mass is 322 g/mol. The summed E-state index contributed by atoms with van der Waals surface area (Å²) in [5.41, 5.74) is 3.33. The van der Waals surface area contributed by atoms with Crippen LogP contribution in [0, 0.1) is 10.7 Å². The van der Waals surface area contributed by atoms with Crippen molar-refractivity contribution in [3.63, 3.8) is 0 Å². The van der Waals surface area contributed by atoms with Gasteiger partial charge in [0.15, 0.2) is 0 Å². The van der Waals surface area contributed by atoms with Gasteiger partial charge < -0.3 is 10.2 Å². The molecule has 4 nitrogen and oxygen atoms in total. The Morgan fingerprint density at radius 2 is 1.83 bits per heavy atom. The average Bonchev–Trinajstić information content (AvgIpc) is 2.99. The number of aromatic amines is 2. The second-order valence-corrected chi connectivity index (χ2v) is 6.32. The molecule has 0 radical (unpaired) electrons. The van der Waals surface area contributed by atoms with Crippen LogP contribution in [0.2, 0.25) is 0 Å². The first kappa shape index (κ1) is 14.6. The first-order valence-electron chi connectivity index (χ1n) is 7.89. The molecule has 4 rings (SSSR count). The summed E-state index contributed by atoms with van der Waals surface area (Å²) in [5, 5.41) is 8.88. The molecule has 120 valence electrons. The highest BCUT2D eigenvalue weighted by molar-refractivity contribution is 6.03. The highest BCUT2D eigenvalue weighted by Gasteiger charge is 2.24. The zero-order valence-corrected chi connectivity index (χ0v) is 13.4. The van der Waals surface area contributed by atoms with Crippen molar-refractivity contribution in [1.82, 2.24) is 10.2 Å². The van der Waals surface area contributed by atoms with Crippen molar-refractivity contribution in [2.75, 3.05) is 0 Å². The summed E-state index contributed by atoms with van der Waals surface area (Å²) in [5.74, 6) is -0.247. The number of H-pyrrole nitrogens is 2. The molecule has 2 aromatic heterocycles. The molecular formula is C19H17FN3O+. The smallest absolute Gasteiger partial charge is 0.250 e. The molecule has 0 atom stereocenters. The molecule has 0 fully saturated rings. The van der Waals surface area contributed by atoms with Gasteiger partial charge >= 0.3 is 0 Å². The quantitative estimate of drug-likeness (QED) is 0.525. The van der Waals surface area contributed by atoms with Crippen LogP contribution in [-0.2, 0) is 0 Å². The van der Waals surface area contributed by atoms with E-state index in [4.69, 9.17) is 0 Å². The molecule has 0 aliphatic heterocycles. The van der Waals surface area contributed by atoms with E-state index in [0.717, 1.165) is 37.2 Å². The van der Waals surface area contributed by atoms with E-state index >= 15 is 0 Å². The molecule has 0 bridgehead atoms. The van der Waals surface area contributed by atoms with Gasteiger partial charge in [0.2, 0.25) is 6.20 Å². The summed E-state index contributed by atoms with van der Waals surface area (Å²) in [6, 6.07) is 10.3. The van der Waals surface area contributed by atoms with Crippen LogP contribution < -0.4 is 4.43 Å². The van der Waals surface area contributed by atoms with E-state index in [1.807, 2.05) is 26.1 Å². The van der Waals surface area contributed by atoms with Gasteiger partial charge in [-0.25, -0.2) is 4.39 Å². The van der Waals surface area contributed by atoms with Gasteiger partial charge in [-0.05, 0) is 29.8 Å². The third-order valence-electron chi connectivity index (χ3n) is 4.36. The molecule has 5 heteroatoms. The highest BCUT2D eigenvalue weighted by atomic mass is 19.1. The molecule has 4 aromatic rings. The van der Waals surface area contributed by atoms with Crippen molar-refractivity contribution >= 4 is 21.7 Å². The van der Waals surface area contributed by atoms with E-state index in [2.05, 4.69) is 16.3 Å². The first-order valence-corrected chi connectivity index (χ1v) is 7.89. The van der Waals surface area contributed by atoms with Crippen molar-refractivity contribution in [2.24, 2.45) is 0 Å². The number of pyridine rings is 1. The van der Waals surface area contributed by atoms with Crippen LogP contribution in [0.25, 0.3) is 32.8 Å². The van der Waals surface area contributed by atoms with Crippen LogP contribution in [0.1, 0.15) is 25.5 Å². The highest BCUT2D eigenvalue weighted by Crippen LogP contribution is 2.35. The van der Waals surface area contributed by atoms with Gasteiger partial charge in [0.1, 0.15) is 5.82 Å². The minimum atomic E-state index is -0.289. The fourth-order valence-corrected chi connectivity index (χ4v) is 3.28. The molecule has 24 heavy (non-hydrogen) atoms. The van der Waals surface area contributed by atoms with E-state index in [1.165, 1.54) is 12.1 Å². The lowest BCUT2D eigenvalue weighted by atomic mass is 9.92. The van der Waals surface area contributed by atoms with Crippen LogP contribution in [0.5, 0.6) is 0 Å². The number of nitrogens with zero attached hydrogens (tertiary/aromatic N) is 1. The predicted molar refractivity (Wildman–Crippen MR) is 93.0 cm³/mol. The maximum Gasteiger partial charge on any atom is 0.250 e. The maximum atomic E-state index is 13.3. The number of fused-ring (bicyclic) bond motifs is 2. The Hall–Kier alpha value is -2.95. The summed E-state index contributed by atoms with van der Waals surface area (Å²) in [6.45, 7) is 3.98. The van der Waals surface area contributed by atoms with Crippen molar-refractivity contribution in [1.29, 1.82) is 0 Å². The molecule has 0 unspecified atom stereocenters. The number of halogens is 1. The van der Waals surface area contributed by atoms with E-state index in [9.17, 15) is 9.30 Å². The Morgan fingerprint density at radius 1 is 1.08 bits per heavy atom. The van der Waals surface area contributed by atoms with E-state index < -0.39 is 0 Å². The van der Waals surface area contributed by atoms with Gasteiger partial charge in [-0.3, -0.25) is 0 Å². The molecule has 0 aliphatic carbocycles. The molecule has 0 saturated heterocycles. The minimum Gasteiger partial charge on any atom is -0.307 e. The fourth-order valence-electron chi connectivity index (χ4n) is 3.28. The maximum absolute atomic E-state index is 13.3. The lowest BCUT2D eigenvalue weighted by Crippen LogP contribution is -2.23. The Labute approximate surface area is 137 Å². The van der Waals surface area contributed by atoms with Gasteiger partial charge in [-0.15, -0.1) is 0 Å². The summed E-state index contributed by atoms with van der Waals surface area (Å²) >= 11 is 0. The Bertz CT molecular complexity index is 1110. The number of aromatic nitrogens is 3. The Balaban J connectivity index is 2.18. The largest absolute Gasteiger partial charge is 0.307 e. The molecule has 0 amide bonds. The fraction of sp³-hybridized carbons (Fsp3) is 0.158. The predicted octanol–water partition coefficient (Wildman–Crippen LogP) is 4.49. The van der Waals surface area contributed by atoms with Crippen molar-refractivity contribution in [3.05, 3.63) is 65.2 Å². The van der Waals surface area contributed by atoms with Gasteiger partial charge in [-0.2, -0.15) is 0 Å². The molecule has 2 heterocycles. The van der Waals surface area contributed by atoms with E-state index in [0.29, 0.717) is 5.69 Å². The molecule has 2 aromatic carbocycles. The first-order chi connectivity index (χ1) is 11.5. The number of nitrogens with one attached hydrogen (secondary N) is 2. The van der Waals surface area contributed by atoms with Crippen molar-refractivity contribution < 1.29 is 8.82 Å². The van der Waals surface area contributed by atoms with Crippen LogP contribution >= 0.6 is 0 Å². The molecule has 0 spiro atoms. The molecular weight excluding hydrogens is 305 g/mol. The molecule has 2 N–H and O–H groups in total. The normalized spacial score (nSPS) is 11.7. The summed E-state index contributed by atoms with van der Waals surface area (Å²) in [4.78, 5) is 12.6. The Morgan fingerprint density at radius 3 is 2.54 bits per heavy atom. The zero-order chi connectivity index (χ0) is 16.8. The van der Waals surface area contributed by atoms with Crippen molar-refractivity contribution in [2.45, 2.75) is 19.8 Å². The lowest BCUT2D eigenvalue weighted by Gasteiger charge is -2.09. The summed E-state index contributed by atoms with van der Waals surface area (Å²) < 4.78 is 14.3. The molecule has 0 aliphatic rings. The van der Waals surface area contributed by atoms with Crippen LogP contribution in [0.3, 0.4) is 0 Å². The van der Waals surface area contributed by atoms with Crippen LogP contribution in [0.15, 0.2) is 48.8 Å². The van der Waals surface area contributed by atoms with Gasteiger partial charge in [-0.1, -0.05) is 26.0 Å². The topological polar surface area (TPSA) is 54.6 Å². The second-order valence-electron chi connectivity index (χ2n) is 6.32. The number of benzene rings is 2. The van der Waals surface area contributed by atoms with Crippen molar-refractivity contribution in [3.8, 4) is 11.1 Å². The molecule has 0 saturated carbocycles. The second kappa shape index (κ2) is 5.30. The third-order valence-corrected chi connectivity index (χ3v) is 4.36. The van der Waals surface area contributed by atoms with Gasteiger partial charge in [0, 0.05) is 27.8 Å². The van der Waals surface area contributed by atoms with E-state index in [-0.39, 0.29) is 11.7 Å². The minimum absolute atomic E-state index is 0.0421. The average molecular weight is 322 g/mol. The standard InChI is InChI=1S/C19H17FN3O/c1-11(2)19-18(12-3-5-15(20)6-4-12)16-7-13-9-21-22-17(13)8-14(16)10-23(19)24/h3-11,21-22H,1-2H3/q+1. The third kappa shape index (κ3) is 2.21. The van der Waals surface area contributed by atoms with E-state index in [1.54, 1.807) is 18.3 Å². The summed E-state index contributed by atoms with van der Waals surface area (Å²) in [6.07, 6.45) is 3.49. The van der Waals surface area contributed by atoms with Gasteiger partial charge in [0.05, 0.1) is 20.9 Å². The van der Waals surface area contributed by atoms with Gasteiger partial charge in [0.25, 0.3) is 5.69 Å². The lowest BCUT2D eigenvalue weighted by molar-refractivity contribution is -0.503.